The van der Waals surface area contributed by atoms with Crippen molar-refractivity contribution in [3.05, 3.63) is 76.6 Å². The predicted molar refractivity (Wildman–Crippen MR) is 127 cm³/mol. The van der Waals surface area contributed by atoms with E-state index in [-0.39, 0.29) is 11.7 Å². The number of halogens is 2. The average molecular weight is 469 g/mol. The van der Waals surface area contributed by atoms with Gasteiger partial charge in [0, 0.05) is 60.5 Å². The summed E-state index contributed by atoms with van der Waals surface area (Å²) in [5.41, 5.74) is 3.60. The van der Waals surface area contributed by atoms with Gasteiger partial charge in [-0.1, -0.05) is 35.9 Å². The van der Waals surface area contributed by atoms with E-state index in [1.54, 1.807) is 23.5 Å². The molecule has 1 aliphatic heterocycles. The van der Waals surface area contributed by atoms with E-state index >= 15 is 0 Å². The highest BCUT2D eigenvalue weighted by molar-refractivity contribution is 7.15. The monoisotopic (exact) mass is 468 g/mol. The number of benzene rings is 2. The molecule has 2 aromatic carbocycles. The van der Waals surface area contributed by atoms with Gasteiger partial charge in [-0.25, -0.2) is 9.37 Å². The zero-order valence-corrected chi connectivity index (χ0v) is 18.9. The highest BCUT2D eigenvalue weighted by Crippen LogP contribution is 2.26. The Kier molecular flexibility index (Phi) is 5.85. The summed E-state index contributed by atoms with van der Waals surface area (Å²) in [5.74, 6) is -0.0809. The number of carbonyl (C=O) groups is 1. The number of fused-ring (bicyclic) bond motifs is 1. The lowest BCUT2D eigenvalue weighted by Gasteiger charge is -2.36. The van der Waals surface area contributed by atoms with Crippen LogP contribution in [0, 0.1) is 5.82 Å². The maximum atomic E-state index is 14.0. The third kappa shape index (κ3) is 4.23. The largest absolute Gasteiger partial charge is 0.366 e. The number of hydrogen-bond donors (Lipinski definition) is 0. The van der Waals surface area contributed by atoms with Gasteiger partial charge < -0.3 is 9.80 Å². The number of thiazole rings is 1. The van der Waals surface area contributed by atoms with Crippen molar-refractivity contribution in [2.24, 2.45) is 0 Å². The van der Waals surface area contributed by atoms with Gasteiger partial charge in [-0.15, -0.1) is 11.3 Å². The predicted octanol–water partition coefficient (Wildman–Crippen LogP) is 5.14. The minimum absolute atomic E-state index is 0.135. The van der Waals surface area contributed by atoms with Crippen molar-refractivity contribution in [2.75, 3.05) is 31.1 Å². The van der Waals surface area contributed by atoms with Gasteiger partial charge in [-0.05, 0) is 30.7 Å². The van der Waals surface area contributed by atoms with E-state index in [1.165, 1.54) is 6.07 Å². The Morgan fingerprint density at radius 2 is 1.81 bits per heavy atom. The molecular weight excluding hydrogens is 447 g/mol. The number of nitrogens with zero attached hydrogens (tertiary/aromatic N) is 4. The fourth-order valence-corrected chi connectivity index (χ4v) is 5.10. The number of carbonyl (C=O) groups excluding carboxylic acids is 1. The summed E-state index contributed by atoms with van der Waals surface area (Å²) in [7, 11) is 0. The van der Waals surface area contributed by atoms with Crippen molar-refractivity contribution >= 4 is 39.5 Å². The number of rotatable bonds is 5. The third-order valence-corrected chi connectivity index (χ3v) is 6.98. The van der Waals surface area contributed by atoms with Gasteiger partial charge in [0.25, 0.3) is 0 Å². The Bertz CT molecular complexity index is 1240. The van der Waals surface area contributed by atoms with Crippen LogP contribution in [0.3, 0.4) is 0 Å². The number of amides is 1. The topological polar surface area (TPSA) is 40.9 Å². The lowest BCUT2D eigenvalue weighted by atomic mass is 10.2. The van der Waals surface area contributed by atoms with Crippen LogP contribution in [-0.2, 0) is 11.2 Å². The molecule has 0 unspecified atom stereocenters. The molecule has 0 spiro atoms. The standard InChI is InChI=1S/C24H22ClFN4OS/c25-18-7-5-17(6-8-18)21-15-30-19(16-32-24(30)27-21)9-10-23(31)29-13-11-28(12-14-29)22-4-2-1-3-20(22)26/h1-8,15-16H,9-14H2. The molecule has 0 bridgehead atoms. The number of imidazole rings is 1. The Morgan fingerprint density at radius 1 is 1.06 bits per heavy atom. The van der Waals surface area contributed by atoms with Crippen LogP contribution in [0.1, 0.15) is 12.1 Å². The quantitative estimate of drug-likeness (QED) is 0.407. The first-order valence-electron chi connectivity index (χ1n) is 10.6. The lowest BCUT2D eigenvalue weighted by molar-refractivity contribution is -0.131. The van der Waals surface area contributed by atoms with E-state index in [1.807, 2.05) is 46.3 Å². The molecule has 0 saturated carbocycles. The first-order valence-corrected chi connectivity index (χ1v) is 11.8. The molecule has 1 aliphatic rings. The Labute approximate surface area is 194 Å². The van der Waals surface area contributed by atoms with E-state index in [4.69, 9.17) is 16.6 Å². The van der Waals surface area contributed by atoms with Crippen molar-refractivity contribution in [2.45, 2.75) is 12.8 Å². The van der Waals surface area contributed by atoms with Crippen LogP contribution < -0.4 is 4.90 Å². The molecule has 1 fully saturated rings. The van der Waals surface area contributed by atoms with Crippen LogP contribution in [0.4, 0.5) is 10.1 Å². The van der Waals surface area contributed by atoms with Crippen molar-refractivity contribution in [3.8, 4) is 11.3 Å². The third-order valence-electron chi connectivity index (χ3n) is 5.84. The minimum Gasteiger partial charge on any atom is -0.366 e. The summed E-state index contributed by atoms with van der Waals surface area (Å²) < 4.78 is 16.1. The highest BCUT2D eigenvalue weighted by atomic mass is 35.5. The summed E-state index contributed by atoms with van der Waals surface area (Å²) in [6.07, 6.45) is 3.12. The van der Waals surface area contributed by atoms with Gasteiger partial charge in [-0.3, -0.25) is 9.20 Å². The molecule has 5 nitrogen and oxygen atoms in total. The zero-order valence-electron chi connectivity index (χ0n) is 17.4. The fourth-order valence-electron chi connectivity index (χ4n) is 4.07. The molecule has 4 aromatic rings. The molecule has 1 amide bonds. The van der Waals surface area contributed by atoms with Crippen LogP contribution in [0.5, 0.6) is 0 Å². The van der Waals surface area contributed by atoms with Crippen LogP contribution in [0.25, 0.3) is 16.2 Å². The average Bonchev–Trinajstić information content (AvgIpc) is 3.40. The number of para-hydroxylation sites is 1. The minimum atomic E-state index is -0.216. The molecule has 0 atom stereocenters. The molecule has 0 aliphatic carbocycles. The summed E-state index contributed by atoms with van der Waals surface area (Å²) in [6.45, 7) is 2.50. The van der Waals surface area contributed by atoms with Gasteiger partial charge in [0.05, 0.1) is 11.4 Å². The second-order valence-electron chi connectivity index (χ2n) is 7.83. The molecule has 2 aromatic heterocycles. The smallest absolute Gasteiger partial charge is 0.223 e. The number of piperazine rings is 1. The van der Waals surface area contributed by atoms with E-state index in [0.717, 1.165) is 21.9 Å². The van der Waals surface area contributed by atoms with Gasteiger partial charge in [-0.2, -0.15) is 0 Å². The number of hydrogen-bond acceptors (Lipinski definition) is 4. The second kappa shape index (κ2) is 8.92. The van der Waals surface area contributed by atoms with E-state index < -0.39 is 0 Å². The zero-order chi connectivity index (χ0) is 22.1. The van der Waals surface area contributed by atoms with Gasteiger partial charge >= 0.3 is 0 Å². The van der Waals surface area contributed by atoms with Crippen molar-refractivity contribution in [1.29, 1.82) is 0 Å². The number of aryl methyl sites for hydroxylation is 1. The Morgan fingerprint density at radius 3 is 2.56 bits per heavy atom. The SMILES string of the molecule is O=C(CCc1csc2nc(-c3ccc(Cl)cc3)cn12)N1CCN(c2ccccc2F)CC1. The van der Waals surface area contributed by atoms with Crippen LogP contribution in [0.15, 0.2) is 60.1 Å². The summed E-state index contributed by atoms with van der Waals surface area (Å²) in [4.78, 5) is 22.3. The number of anilines is 1. The fraction of sp³-hybridized carbons (Fsp3) is 0.250. The van der Waals surface area contributed by atoms with Gasteiger partial charge in [0.1, 0.15) is 5.82 Å². The van der Waals surface area contributed by atoms with Gasteiger partial charge in [0.15, 0.2) is 4.96 Å². The molecule has 0 radical (unpaired) electrons. The highest BCUT2D eigenvalue weighted by Gasteiger charge is 2.23. The normalized spacial score (nSPS) is 14.3. The second-order valence-corrected chi connectivity index (χ2v) is 9.10. The van der Waals surface area contributed by atoms with Gasteiger partial charge in [0.2, 0.25) is 5.91 Å². The summed E-state index contributed by atoms with van der Waals surface area (Å²) in [5, 5.41) is 2.76. The van der Waals surface area contributed by atoms with E-state index in [0.29, 0.717) is 49.7 Å². The lowest BCUT2D eigenvalue weighted by Crippen LogP contribution is -2.49. The molecule has 5 rings (SSSR count). The van der Waals surface area contributed by atoms with Crippen LogP contribution in [-0.4, -0.2) is 46.4 Å². The molecular formula is C24H22ClFN4OS. The molecule has 32 heavy (non-hydrogen) atoms. The molecule has 164 valence electrons. The van der Waals surface area contributed by atoms with Crippen molar-refractivity contribution < 1.29 is 9.18 Å². The molecule has 8 heteroatoms. The van der Waals surface area contributed by atoms with Crippen LogP contribution >= 0.6 is 22.9 Å². The first kappa shape index (κ1) is 21.0. The van der Waals surface area contributed by atoms with E-state index in [2.05, 4.69) is 9.78 Å². The Hall–Kier alpha value is -2.90. The van der Waals surface area contributed by atoms with Crippen molar-refractivity contribution in [1.82, 2.24) is 14.3 Å². The van der Waals surface area contributed by atoms with E-state index in [9.17, 15) is 9.18 Å². The summed E-state index contributed by atoms with van der Waals surface area (Å²) in [6, 6.07) is 14.4. The maximum absolute atomic E-state index is 14.0. The molecule has 1 saturated heterocycles. The molecule has 0 N–H and O–H groups in total. The maximum Gasteiger partial charge on any atom is 0.223 e. The molecule has 3 heterocycles. The number of aromatic nitrogens is 2. The summed E-state index contributed by atoms with van der Waals surface area (Å²) >= 11 is 7.56. The van der Waals surface area contributed by atoms with Crippen molar-refractivity contribution in [3.63, 3.8) is 0 Å². The van der Waals surface area contributed by atoms with Crippen LogP contribution in [0.2, 0.25) is 5.02 Å². The first-order chi connectivity index (χ1) is 15.6. The Balaban J connectivity index is 1.20.